The number of hydrogen-bond donors (Lipinski definition) is 0. The molecule has 0 spiro atoms. The van der Waals surface area contributed by atoms with Crippen LogP contribution >= 0.6 is 0 Å². The third-order valence-corrected chi connectivity index (χ3v) is 2.48. The van der Waals surface area contributed by atoms with E-state index in [9.17, 15) is 57.5 Å². The zero-order valence-electron chi connectivity index (χ0n) is 22.7. The summed E-state index contributed by atoms with van der Waals surface area (Å²) in [4.78, 5) is 122. The van der Waals surface area contributed by atoms with Gasteiger partial charge in [0.2, 0.25) is 0 Å². The van der Waals surface area contributed by atoms with Crippen LogP contribution in [0.15, 0.2) is 0 Å². The summed E-state index contributed by atoms with van der Waals surface area (Å²) in [6.07, 6.45) is -1.50. The molecule has 0 N–H and O–H groups in total. The summed E-state index contributed by atoms with van der Waals surface area (Å²) in [6.45, 7) is 16.1. The minimum absolute atomic E-state index is 0. The number of ether oxygens (including phenoxy) is 4. The smallest absolute Gasteiger partial charge is 0.421 e. The second-order valence-electron chi connectivity index (χ2n) is 6.90. The molecule has 0 aliphatic carbocycles. The van der Waals surface area contributed by atoms with Crippen molar-refractivity contribution < 1.29 is 103 Å². The van der Waals surface area contributed by atoms with E-state index < -0.39 is 47.8 Å². The molecule has 224 valence electrons. The van der Waals surface area contributed by atoms with E-state index in [-0.39, 0.29) is 75.0 Å². The predicted octanol–water partition coefficient (Wildman–Crippen LogP) is -0.525. The fraction of sp³-hybridized carbons (Fsp3) is 0.333. The molecular weight excluding hydrogens is 635 g/mol. The molecule has 17 heteroatoms. The molecule has 0 saturated heterocycles. The predicted molar refractivity (Wildman–Crippen MR) is 127 cm³/mol. The molecule has 0 saturated carbocycles. The molecule has 0 atom stereocenters. The van der Waals surface area contributed by atoms with E-state index in [4.69, 9.17) is 0 Å². The van der Waals surface area contributed by atoms with Crippen LogP contribution in [0.25, 0.3) is 0 Å². The minimum Gasteiger partial charge on any atom is -0.421 e. The third-order valence-electron chi connectivity index (χ3n) is 2.48. The van der Waals surface area contributed by atoms with Gasteiger partial charge in [-0.15, -0.1) is 0 Å². The summed E-state index contributed by atoms with van der Waals surface area (Å²) in [5.41, 5.74) is 0. The van der Waals surface area contributed by atoms with E-state index in [2.05, 4.69) is 46.6 Å². The Balaban J connectivity index is -0.000000139. The number of hydrogen-bond acceptors (Lipinski definition) is 16. The second-order valence-corrected chi connectivity index (χ2v) is 6.90. The van der Waals surface area contributed by atoms with Crippen molar-refractivity contribution in [3.8, 4) is 0 Å². The van der Waals surface area contributed by atoms with E-state index in [1.807, 2.05) is 0 Å². The van der Waals surface area contributed by atoms with Gasteiger partial charge in [-0.2, -0.15) is 0 Å². The molecule has 41 heavy (non-hydrogen) atoms. The van der Waals surface area contributed by atoms with Gasteiger partial charge in [0.05, 0.1) is 0 Å². The van der Waals surface area contributed by atoms with E-state index in [0.717, 1.165) is 0 Å². The first-order valence-electron chi connectivity index (χ1n) is 10.3. The van der Waals surface area contributed by atoms with Crippen molar-refractivity contribution >= 4 is 70.9 Å². The van der Waals surface area contributed by atoms with Crippen LogP contribution in [0.2, 0.25) is 0 Å². The molecule has 0 aromatic heterocycles. The molecule has 0 aliphatic heterocycles. The average molecular weight is 664 g/mol. The van der Waals surface area contributed by atoms with Crippen molar-refractivity contribution in [2.24, 2.45) is 0 Å². The molecule has 16 nitrogen and oxygen atoms in total. The summed E-state index contributed by atoms with van der Waals surface area (Å²) in [6, 6.07) is 0. The number of carbonyl (C=O) groups excluding carboxylic acids is 12. The van der Waals surface area contributed by atoms with Gasteiger partial charge < -0.3 is 18.9 Å². The number of rotatable bonds is 8. The summed E-state index contributed by atoms with van der Waals surface area (Å²) < 4.78 is 15.8. The van der Waals surface area contributed by atoms with Crippen LogP contribution in [0.1, 0.15) is 53.4 Å². The second kappa shape index (κ2) is 27.2. The fourth-order valence-electron chi connectivity index (χ4n) is 1.47. The monoisotopic (exact) mass is 662 g/mol. The maximum atomic E-state index is 10.4. The Kier molecular flexibility index (Phi) is 30.8. The number of ketones is 4. The molecule has 0 aliphatic rings. The number of Topliss-reactive ketones (excluding diaryl/α,β-unsaturated/α-hetero) is 4. The van der Waals surface area contributed by atoms with E-state index in [0.29, 0.717) is 0 Å². The van der Waals surface area contributed by atoms with Crippen LogP contribution in [0, 0.1) is 27.7 Å². The van der Waals surface area contributed by atoms with Crippen molar-refractivity contribution in [1.29, 1.82) is 0 Å². The molecule has 0 bridgehead atoms. The maximum absolute atomic E-state index is 10.4. The molecule has 0 heterocycles. The average Bonchev–Trinajstić information content (AvgIpc) is 2.63. The first-order chi connectivity index (χ1) is 18.1. The zero-order chi connectivity index (χ0) is 32.6. The maximum Gasteiger partial charge on any atom is 4.00 e. The molecule has 0 rings (SSSR count). The summed E-state index contributed by atoms with van der Waals surface area (Å²) in [5, 5.41) is 0. The summed E-state index contributed by atoms with van der Waals surface area (Å²) >= 11 is 0. The Bertz CT molecular complexity index is 777. The van der Waals surface area contributed by atoms with Crippen LogP contribution in [-0.2, 0) is 103 Å². The molecule has 0 unspecified atom stereocenters. The Morgan fingerprint density at radius 3 is 0.561 bits per heavy atom. The van der Waals surface area contributed by atoms with Gasteiger partial charge in [-0.05, 0) is 27.7 Å². The van der Waals surface area contributed by atoms with Gasteiger partial charge in [0.15, 0.2) is 23.9 Å². The SMILES string of the molecule is [CH2-]C(=O)OC(=O)CC(C)=O.[CH2-]C(=O)OC(=O)CC(C)=O.[CH2-]C(=O)OC(=O)CC(C)=O.[CH2-]C(=O)OC(=O)CC(C)=O.[Zr+4]. The Hall–Kier alpha value is -4.40. The molecule has 0 aromatic rings. The minimum atomic E-state index is -0.939. The van der Waals surface area contributed by atoms with Gasteiger partial charge >= 0.3 is 50.1 Å². The molecule has 0 fully saturated rings. The number of esters is 8. The Labute approximate surface area is 254 Å². The van der Waals surface area contributed by atoms with Crippen molar-refractivity contribution in [3.05, 3.63) is 27.7 Å². The third kappa shape index (κ3) is 52.8. The van der Waals surface area contributed by atoms with Gasteiger partial charge in [-0.3, -0.25) is 85.2 Å². The van der Waals surface area contributed by atoms with E-state index in [1.165, 1.54) is 27.7 Å². The molecular formula is C24H28O16Zr. The van der Waals surface area contributed by atoms with Crippen LogP contribution in [-0.4, -0.2) is 70.9 Å². The normalized spacial score (nSPS) is 8.29. The van der Waals surface area contributed by atoms with Crippen LogP contribution in [0.4, 0.5) is 0 Å². The van der Waals surface area contributed by atoms with Crippen molar-refractivity contribution in [2.45, 2.75) is 53.4 Å². The van der Waals surface area contributed by atoms with Crippen molar-refractivity contribution in [2.75, 3.05) is 0 Å². The topological polar surface area (TPSA) is 242 Å². The van der Waals surface area contributed by atoms with Crippen molar-refractivity contribution in [3.63, 3.8) is 0 Å². The fourth-order valence-corrected chi connectivity index (χ4v) is 1.47. The summed E-state index contributed by atoms with van der Waals surface area (Å²) in [7, 11) is 0. The Morgan fingerprint density at radius 2 is 0.488 bits per heavy atom. The van der Waals surface area contributed by atoms with Gasteiger partial charge in [0, 0.05) is 0 Å². The number of carbonyl (C=O) groups is 12. The van der Waals surface area contributed by atoms with Crippen molar-refractivity contribution in [1.82, 2.24) is 0 Å². The Morgan fingerprint density at radius 1 is 0.366 bits per heavy atom. The molecule has 0 radical (unpaired) electrons. The van der Waals surface area contributed by atoms with E-state index in [1.54, 1.807) is 0 Å². The van der Waals surface area contributed by atoms with Gasteiger partial charge in [-0.25, -0.2) is 0 Å². The van der Waals surface area contributed by atoms with Crippen LogP contribution < -0.4 is 0 Å². The van der Waals surface area contributed by atoms with Crippen LogP contribution in [0.5, 0.6) is 0 Å². The van der Waals surface area contributed by atoms with Gasteiger partial charge in [0.1, 0.15) is 48.8 Å². The quantitative estimate of drug-likeness (QED) is 0.137. The zero-order valence-corrected chi connectivity index (χ0v) is 25.1. The van der Waals surface area contributed by atoms with Gasteiger partial charge in [-0.1, -0.05) is 0 Å². The van der Waals surface area contributed by atoms with Crippen LogP contribution in [0.3, 0.4) is 0 Å². The molecule has 0 aromatic carbocycles. The van der Waals surface area contributed by atoms with E-state index >= 15 is 0 Å². The standard InChI is InChI=1S/4C6H7O4.Zr/c4*1-4(7)3-6(9)10-5(2)8;/h4*2-3H2,1H3;/q4*-1;+4. The van der Waals surface area contributed by atoms with Gasteiger partial charge in [0.25, 0.3) is 0 Å². The first-order valence-corrected chi connectivity index (χ1v) is 10.3. The largest absolute Gasteiger partial charge is 4.00 e. The first kappa shape index (κ1) is 46.5. The summed E-state index contributed by atoms with van der Waals surface area (Å²) in [5.74, 6) is -8.54. The molecule has 0 amide bonds.